The maximum atomic E-state index is 13.2. The van der Waals surface area contributed by atoms with Crippen LogP contribution in [0.15, 0.2) is 28.8 Å². The van der Waals surface area contributed by atoms with E-state index >= 15 is 0 Å². The molecule has 0 atom stereocenters. The number of hydrogen-bond donors (Lipinski definition) is 2. The molecule has 1 aromatic carbocycles. The summed E-state index contributed by atoms with van der Waals surface area (Å²) in [6.45, 7) is 0.320. The first-order valence-corrected chi connectivity index (χ1v) is 8.62. The zero-order chi connectivity index (χ0) is 20.5. The highest BCUT2D eigenvalue weighted by Gasteiger charge is 2.17. The summed E-state index contributed by atoms with van der Waals surface area (Å²) < 4.78 is 47.6. The Balaban J connectivity index is 1.56. The van der Waals surface area contributed by atoms with Gasteiger partial charge in [0.25, 0.3) is 18.2 Å². The van der Waals surface area contributed by atoms with Crippen molar-refractivity contribution in [2.45, 2.75) is 19.3 Å². The highest BCUT2D eigenvalue weighted by molar-refractivity contribution is 6.30. The molecule has 0 saturated carbocycles. The van der Waals surface area contributed by atoms with E-state index in [2.05, 4.69) is 20.3 Å². The lowest BCUT2D eigenvalue weighted by molar-refractivity contribution is -0.123. The number of carbonyl (C=O) groups is 2. The van der Waals surface area contributed by atoms with Crippen LogP contribution in [0.1, 0.15) is 35.5 Å². The number of alkyl halides is 2. The van der Waals surface area contributed by atoms with E-state index in [1.807, 2.05) is 0 Å². The molecule has 0 spiro atoms. The molecule has 2 aromatic rings. The number of benzene rings is 1. The van der Waals surface area contributed by atoms with Crippen molar-refractivity contribution in [2.75, 3.05) is 19.7 Å². The summed E-state index contributed by atoms with van der Waals surface area (Å²) in [5, 5.41) is 8.15. The molecule has 0 fully saturated rings. The van der Waals surface area contributed by atoms with Gasteiger partial charge in [0.15, 0.2) is 12.3 Å². The van der Waals surface area contributed by atoms with Gasteiger partial charge in [-0.05, 0) is 25.0 Å². The summed E-state index contributed by atoms with van der Waals surface area (Å²) in [7, 11) is 0. The van der Waals surface area contributed by atoms with Crippen LogP contribution < -0.4 is 15.4 Å². The normalized spacial score (nSPS) is 10.8. The second-order valence-electron chi connectivity index (χ2n) is 5.59. The standard InChI is InChI=1S/C17H17ClF3N3O4/c18-11-4-3-10(7-12(11)19)27-9-15(25)22-5-1-2-6-23-17(26)14-8-13(16(20)21)24-28-14/h3-4,7-8,16H,1-2,5-6,9H2,(H,22,25)(H,23,26). The molecule has 28 heavy (non-hydrogen) atoms. The number of ether oxygens (including phenoxy) is 1. The first-order chi connectivity index (χ1) is 13.4. The van der Waals surface area contributed by atoms with E-state index in [1.165, 1.54) is 12.1 Å². The molecule has 0 aliphatic carbocycles. The fraction of sp³-hybridized carbons (Fsp3) is 0.353. The van der Waals surface area contributed by atoms with Crippen LogP contribution >= 0.6 is 11.6 Å². The van der Waals surface area contributed by atoms with E-state index in [0.29, 0.717) is 19.4 Å². The lowest BCUT2D eigenvalue weighted by Crippen LogP contribution is -2.30. The van der Waals surface area contributed by atoms with Crippen LogP contribution in [-0.4, -0.2) is 36.7 Å². The van der Waals surface area contributed by atoms with Crippen molar-refractivity contribution in [1.29, 1.82) is 0 Å². The number of nitrogens with one attached hydrogen (secondary N) is 2. The maximum Gasteiger partial charge on any atom is 0.289 e. The summed E-state index contributed by atoms with van der Waals surface area (Å²) in [6.07, 6.45) is -1.72. The van der Waals surface area contributed by atoms with Gasteiger partial charge in [0.05, 0.1) is 5.02 Å². The van der Waals surface area contributed by atoms with Crippen molar-refractivity contribution in [2.24, 2.45) is 0 Å². The largest absolute Gasteiger partial charge is 0.484 e. The SMILES string of the molecule is O=C(COc1ccc(Cl)c(F)c1)NCCCCNC(=O)c1cc(C(F)F)no1. The van der Waals surface area contributed by atoms with E-state index in [0.717, 1.165) is 12.1 Å². The highest BCUT2D eigenvalue weighted by atomic mass is 35.5. The number of unbranched alkanes of at least 4 members (excludes halogenated alkanes) is 1. The van der Waals surface area contributed by atoms with Gasteiger partial charge in [-0.15, -0.1) is 0 Å². The van der Waals surface area contributed by atoms with Crippen molar-refractivity contribution < 1.29 is 32.0 Å². The Morgan fingerprint density at radius 2 is 1.89 bits per heavy atom. The summed E-state index contributed by atoms with van der Waals surface area (Å²) in [5.41, 5.74) is -0.601. The second-order valence-corrected chi connectivity index (χ2v) is 6.00. The summed E-state index contributed by atoms with van der Waals surface area (Å²) >= 11 is 5.55. The molecule has 1 aromatic heterocycles. The number of hydrogen-bond acceptors (Lipinski definition) is 5. The molecule has 0 aliphatic heterocycles. The minimum atomic E-state index is -2.81. The van der Waals surface area contributed by atoms with Gasteiger partial charge in [-0.1, -0.05) is 16.8 Å². The Labute approximate surface area is 163 Å². The van der Waals surface area contributed by atoms with Crippen LogP contribution in [0.3, 0.4) is 0 Å². The fourth-order valence-corrected chi connectivity index (χ4v) is 2.15. The van der Waals surface area contributed by atoms with Crippen LogP contribution in [0.2, 0.25) is 5.02 Å². The first kappa shape index (κ1) is 21.5. The Kier molecular flexibility index (Phi) is 8.12. The van der Waals surface area contributed by atoms with Crippen molar-refractivity contribution in [1.82, 2.24) is 15.8 Å². The predicted molar refractivity (Wildman–Crippen MR) is 92.9 cm³/mol. The minimum absolute atomic E-state index is 0.0401. The molecule has 0 bridgehead atoms. The topological polar surface area (TPSA) is 93.5 Å². The van der Waals surface area contributed by atoms with E-state index in [-0.39, 0.29) is 35.6 Å². The molecule has 0 radical (unpaired) electrons. The van der Waals surface area contributed by atoms with E-state index in [4.69, 9.17) is 16.3 Å². The first-order valence-electron chi connectivity index (χ1n) is 8.24. The number of amides is 2. The number of halogens is 4. The van der Waals surface area contributed by atoms with Gasteiger partial charge in [0.2, 0.25) is 5.76 Å². The van der Waals surface area contributed by atoms with Gasteiger partial charge in [-0.3, -0.25) is 9.59 Å². The van der Waals surface area contributed by atoms with Gasteiger partial charge in [0, 0.05) is 25.2 Å². The average Bonchev–Trinajstić information content (AvgIpc) is 3.16. The third-order valence-electron chi connectivity index (χ3n) is 3.45. The smallest absolute Gasteiger partial charge is 0.289 e. The second kappa shape index (κ2) is 10.5. The molecule has 2 amide bonds. The third-order valence-corrected chi connectivity index (χ3v) is 3.75. The Hall–Kier alpha value is -2.75. The molecule has 7 nitrogen and oxygen atoms in total. The quantitative estimate of drug-likeness (QED) is 0.577. The molecule has 152 valence electrons. The average molecular weight is 420 g/mol. The molecule has 2 rings (SSSR count). The molecule has 2 N–H and O–H groups in total. The summed E-state index contributed by atoms with van der Waals surface area (Å²) in [5.74, 6) is -1.79. The van der Waals surface area contributed by atoms with E-state index < -0.39 is 23.8 Å². The fourth-order valence-electron chi connectivity index (χ4n) is 2.03. The molecule has 0 unspecified atom stereocenters. The van der Waals surface area contributed by atoms with E-state index in [9.17, 15) is 22.8 Å². The monoisotopic (exact) mass is 419 g/mol. The highest BCUT2D eigenvalue weighted by Crippen LogP contribution is 2.20. The summed E-state index contributed by atoms with van der Waals surface area (Å²) in [6, 6.07) is 4.73. The Morgan fingerprint density at radius 3 is 2.54 bits per heavy atom. The van der Waals surface area contributed by atoms with Gasteiger partial charge in [-0.25, -0.2) is 13.2 Å². The van der Waals surface area contributed by atoms with Gasteiger partial charge in [-0.2, -0.15) is 0 Å². The number of carbonyl (C=O) groups excluding carboxylic acids is 2. The van der Waals surface area contributed by atoms with Gasteiger partial charge in [0.1, 0.15) is 11.6 Å². The van der Waals surface area contributed by atoms with Gasteiger partial charge < -0.3 is 19.9 Å². The lowest BCUT2D eigenvalue weighted by Gasteiger charge is -2.08. The Morgan fingerprint density at radius 1 is 1.18 bits per heavy atom. The lowest BCUT2D eigenvalue weighted by atomic mass is 10.3. The van der Waals surface area contributed by atoms with Crippen molar-refractivity contribution >= 4 is 23.4 Å². The van der Waals surface area contributed by atoms with Gasteiger partial charge >= 0.3 is 0 Å². The number of nitrogens with zero attached hydrogens (tertiary/aromatic N) is 1. The maximum absolute atomic E-state index is 13.2. The minimum Gasteiger partial charge on any atom is -0.484 e. The summed E-state index contributed by atoms with van der Waals surface area (Å²) in [4.78, 5) is 23.3. The molecular weight excluding hydrogens is 403 g/mol. The molecular formula is C17H17ClF3N3O4. The zero-order valence-electron chi connectivity index (χ0n) is 14.5. The van der Waals surface area contributed by atoms with Crippen LogP contribution in [0.25, 0.3) is 0 Å². The zero-order valence-corrected chi connectivity index (χ0v) is 15.3. The molecule has 0 aliphatic rings. The van der Waals surface area contributed by atoms with Crippen molar-refractivity contribution in [3.05, 3.63) is 46.6 Å². The van der Waals surface area contributed by atoms with Crippen molar-refractivity contribution in [3.8, 4) is 5.75 Å². The molecule has 11 heteroatoms. The molecule has 0 saturated heterocycles. The third kappa shape index (κ3) is 6.76. The molecule has 1 heterocycles. The van der Waals surface area contributed by atoms with E-state index in [1.54, 1.807) is 0 Å². The van der Waals surface area contributed by atoms with Crippen LogP contribution in [-0.2, 0) is 4.79 Å². The predicted octanol–water partition coefficient (Wildman–Crippen LogP) is 3.11. The van der Waals surface area contributed by atoms with Crippen LogP contribution in [0.4, 0.5) is 13.2 Å². The van der Waals surface area contributed by atoms with Crippen LogP contribution in [0, 0.1) is 5.82 Å². The number of rotatable bonds is 10. The van der Waals surface area contributed by atoms with Crippen LogP contribution in [0.5, 0.6) is 5.75 Å². The van der Waals surface area contributed by atoms with Crippen molar-refractivity contribution in [3.63, 3.8) is 0 Å². The number of aromatic nitrogens is 1. The Bertz CT molecular complexity index is 817.